The Hall–Kier alpha value is -4.10. The highest BCUT2D eigenvalue weighted by Gasteiger charge is 2.35. The lowest BCUT2D eigenvalue weighted by Crippen LogP contribution is -2.42. The molecule has 0 radical (unpaired) electrons. The highest BCUT2D eigenvalue weighted by atomic mass is 19.4. The number of ether oxygens (including phenoxy) is 2. The Balaban J connectivity index is 1.52. The van der Waals surface area contributed by atoms with E-state index in [-0.39, 0.29) is 24.4 Å². The number of amides is 1. The minimum absolute atomic E-state index is 0.0193. The van der Waals surface area contributed by atoms with Crippen molar-refractivity contribution in [3.8, 4) is 11.5 Å². The van der Waals surface area contributed by atoms with E-state index in [9.17, 15) is 23.1 Å². The van der Waals surface area contributed by atoms with E-state index in [1.54, 1.807) is 50.2 Å². The van der Waals surface area contributed by atoms with E-state index in [2.05, 4.69) is 25.9 Å². The van der Waals surface area contributed by atoms with Gasteiger partial charge in [0.25, 0.3) is 0 Å². The summed E-state index contributed by atoms with van der Waals surface area (Å²) in [7, 11) is 1.47. The minimum atomic E-state index is -4.71. The van der Waals surface area contributed by atoms with Gasteiger partial charge in [-0.05, 0) is 50.1 Å². The molecule has 2 heterocycles. The Labute approximate surface area is 235 Å². The summed E-state index contributed by atoms with van der Waals surface area (Å²) in [5.74, 6) is 0.193. The van der Waals surface area contributed by atoms with Crippen LogP contribution in [0.4, 0.5) is 42.0 Å². The zero-order valence-electron chi connectivity index (χ0n) is 23.0. The molecule has 1 fully saturated rings. The lowest BCUT2D eigenvalue weighted by atomic mass is 10.1. The number of methoxy groups -OCH3 is 1. The first-order valence-corrected chi connectivity index (χ1v) is 13.2. The van der Waals surface area contributed by atoms with Crippen LogP contribution in [0.15, 0.2) is 48.7 Å². The summed E-state index contributed by atoms with van der Waals surface area (Å²) in [6.07, 6.45) is -2.75. The average Bonchev–Trinajstić information content (AvgIpc) is 2.93. The van der Waals surface area contributed by atoms with Gasteiger partial charge in [-0.2, -0.15) is 18.2 Å². The van der Waals surface area contributed by atoms with Gasteiger partial charge in [0.15, 0.2) is 0 Å². The van der Waals surface area contributed by atoms with Crippen molar-refractivity contribution in [1.82, 2.24) is 14.9 Å². The number of carbonyl (C=O) groups is 1. The second-order valence-corrected chi connectivity index (χ2v) is 9.53. The molecule has 0 saturated carbocycles. The van der Waals surface area contributed by atoms with Crippen molar-refractivity contribution in [1.29, 1.82) is 0 Å². The Bertz CT molecular complexity index is 1350. The van der Waals surface area contributed by atoms with E-state index in [0.29, 0.717) is 34.8 Å². The molecule has 1 aliphatic heterocycles. The van der Waals surface area contributed by atoms with Gasteiger partial charge in [-0.25, -0.2) is 4.98 Å². The molecule has 1 atom stereocenters. The predicted octanol–water partition coefficient (Wildman–Crippen LogP) is 5.52. The summed E-state index contributed by atoms with van der Waals surface area (Å²) >= 11 is 0. The van der Waals surface area contributed by atoms with Gasteiger partial charge in [-0.1, -0.05) is 13.0 Å². The van der Waals surface area contributed by atoms with Crippen molar-refractivity contribution >= 4 is 34.7 Å². The molecule has 1 aromatic heterocycles. The summed E-state index contributed by atoms with van der Waals surface area (Å²) < 4.78 is 52.9. The maximum atomic E-state index is 13.8. The number of hydrogen-bond donors (Lipinski definition) is 4. The van der Waals surface area contributed by atoms with E-state index < -0.39 is 23.8 Å². The molecule has 41 heavy (non-hydrogen) atoms. The number of carbonyl (C=O) groups excluding carboxylic acids is 1. The molecule has 3 aromatic rings. The van der Waals surface area contributed by atoms with Crippen LogP contribution in [-0.2, 0) is 11.0 Å². The zero-order chi connectivity index (χ0) is 29.6. The maximum absolute atomic E-state index is 13.8. The van der Waals surface area contributed by atoms with Gasteiger partial charge in [-0.15, -0.1) is 0 Å². The van der Waals surface area contributed by atoms with Crippen LogP contribution in [0, 0.1) is 0 Å². The molecule has 0 aliphatic carbocycles. The SMILES string of the molecule is CCC(=O)Nc1cccc(Nc2nc(Nc3ccc(OC4CCN(C(C)O)CC4)cc3OC)ncc2C(F)(F)F)c1. The fourth-order valence-electron chi connectivity index (χ4n) is 4.33. The van der Waals surface area contributed by atoms with Gasteiger partial charge >= 0.3 is 6.18 Å². The number of nitrogens with zero attached hydrogens (tertiary/aromatic N) is 3. The number of anilines is 5. The number of aliphatic hydroxyl groups excluding tert-OH is 1. The van der Waals surface area contributed by atoms with Crippen molar-refractivity contribution in [2.24, 2.45) is 0 Å². The number of piperidine rings is 1. The second-order valence-electron chi connectivity index (χ2n) is 9.53. The van der Waals surface area contributed by atoms with Crippen LogP contribution in [0.5, 0.6) is 11.5 Å². The van der Waals surface area contributed by atoms with Crippen molar-refractivity contribution in [2.45, 2.75) is 51.6 Å². The van der Waals surface area contributed by atoms with Crippen molar-refractivity contribution in [2.75, 3.05) is 36.1 Å². The Morgan fingerprint density at radius 3 is 2.54 bits per heavy atom. The molecule has 1 amide bonds. The molecule has 4 rings (SSSR count). The Morgan fingerprint density at radius 1 is 1.15 bits per heavy atom. The molecular formula is C28H33F3N6O4. The third-order valence-electron chi connectivity index (χ3n) is 6.55. The van der Waals surface area contributed by atoms with Crippen LogP contribution in [0.2, 0.25) is 0 Å². The van der Waals surface area contributed by atoms with Crippen LogP contribution in [0.1, 0.15) is 38.7 Å². The summed E-state index contributed by atoms with van der Waals surface area (Å²) in [6.45, 7) is 4.88. The molecule has 220 valence electrons. The van der Waals surface area contributed by atoms with Gasteiger partial charge in [0.1, 0.15) is 35.2 Å². The molecule has 1 aliphatic rings. The predicted molar refractivity (Wildman–Crippen MR) is 149 cm³/mol. The Kier molecular flexibility index (Phi) is 9.50. The smallest absolute Gasteiger partial charge is 0.421 e. The normalized spacial score (nSPS) is 15.2. The standard InChI is InChI=1S/C28H33F3N6O4/c1-4-25(39)33-18-6-5-7-19(14-18)34-26-22(28(29,30)31)16-32-27(36-26)35-23-9-8-21(15-24(23)40-3)41-20-10-12-37(13-11-20)17(2)38/h5-9,14-17,20,38H,4,10-13H2,1-3H3,(H,33,39)(H2,32,34,35,36). The van der Waals surface area contributed by atoms with Gasteiger partial charge in [-0.3, -0.25) is 9.69 Å². The van der Waals surface area contributed by atoms with Crippen LogP contribution >= 0.6 is 0 Å². The average molecular weight is 575 g/mol. The van der Waals surface area contributed by atoms with E-state index in [1.807, 2.05) is 4.90 Å². The van der Waals surface area contributed by atoms with Crippen LogP contribution in [0.25, 0.3) is 0 Å². The summed E-state index contributed by atoms with van der Waals surface area (Å²) in [5.41, 5.74) is 0.109. The van der Waals surface area contributed by atoms with Crippen molar-refractivity contribution in [3.05, 3.63) is 54.2 Å². The quantitative estimate of drug-likeness (QED) is 0.248. The lowest BCUT2D eigenvalue weighted by Gasteiger charge is -2.33. The third-order valence-corrected chi connectivity index (χ3v) is 6.55. The van der Waals surface area contributed by atoms with Gasteiger partial charge < -0.3 is 30.5 Å². The Morgan fingerprint density at radius 2 is 1.88 bits per heavy atom. The van der Waals surface area contributed by atoms with Crippen molar-refractivity contribution in [3.63, 3.8) is 0 Å². The highest BCUT2D eigenvalue weighted by Crippen LogP contribution is 2.37. The fourth-order valence-corrected chi connectivity index (χ4v) is 4.33. The topological polar surface area (TPSA) is 121 Å². The second kappa shape index (κ2) is 13.0. The first kappa shape index (κ1) is 29.9. The van der Waals surface area contributed by atoms with E-state index in [1.165, 1.54) is 13.2 Å². The van der Waals surface area contributed by atoms with E-state index >= 15 is 0 Å². The highest BCUT2D eigenvalue weighted by molar-refractivity contribution is 5.91. The first-order valence-electron chi connectivity index (χ1n) is 13.2. The number of hydrogen-bond acceptors (Lipinski definition) is 9. The van der Waals surface area contributed by atoms with Gasteiger partial charge in [0.05, 0.1) is 12.8 Å². The molecule has 4 N–H and O–H groups in total. The van der Waals surface area contributed by atoms with Crippen molar-refractivity contribution < 1.29 is 32.5 Å². The number of rotatable bonds is 10. The molecule has 13 heteroatoms. The lowest BCUT2D eigenvalue weighted by molar-refractivity contribution is -0.137. The maximum Gasteiger partial charge on any atom is 0.421 e. The molecule has 10 nitrogen and oxygen atoms in total. The summed E-state index contributed by atoms with van der Waals surface area (Å²) in [5, 5.41) is 18.0. The van der Waals surface area contributed by atoms with Gasteiger partial charge in [0.2, 0.25) is 11.9 Å². The van der Waals surface area contributed by atoms with E-state index in [0.717, 1.165) is 25.9 Å². The number of alkyl halides is 3. The molecule has 0 bridgehead atoms. The molecule has 1 unspecified atom stereocenters. The van der Waals surface area contributed by atoms with Crippen LogP contribution in [0.3, 0.4) is 0 Å². The summed E-state index contributed by atoms with van der Waals surface area (Å²) in [6, 6.07) is 11.4. The molecular weight excluding hydrogens is 541 g/mol. The molecule has 0 spiro atoms. The number of halogens is 3. The first-order chi connectivity index (χ1) is 19.5. The number of aliphatic hydroxyl groups is 1. The number of benzene rings is 2. The number of aromatic nitrogens is 2. The largest absolute Gasteiger partial charge is 0.494 e. The van der Waals surface area contributed by atoms with Crippen LogP contribution in [-0.4, -0.2) is 58.4 Å². The van der Waals surface area contributed by atoms with E-state index in [4.69, 9.17) is 9.47 Å². The minimum Gasteiger partial charge on any atom is -0.494 e. The van der Waals surface area contributed by atoms with Crippen LogP contribution < -0.4 is 25.4 Å². The molecule has 1 saturated heterocycles. The number of likely N-dealkylation sites (tertiary alicyclic amines) is 1. The third kappa shape index (κ3) is 7.98. The summed E-state index contributed by atoms with van der Waals surface area (Å²) in [4.78, 5) is 21.7. The molecule has 2 aromatic carbocycles. The fraction of sp³-hybridized carbons (Fsp3) is 0.393. The number of nitrogens with one attached hydrogen (secondary N) is 3. The van der Waals surface area contributed by atoms with Gasteiger partial charge in [0, 0.05) is 43.1 Å². The zero-order valence-corrected chi connectivity index (χ0v) is 23.0. The monoisotopic (exact) mass is 574 g/mol.